The quantitative estimate of drug-likeness (QED) is 0.852. The molecule has 0 bridgehead atoms. The molecule has 0 aliphatic rings. The molecule has 0 aromatic carbocycles. The van der Waals surface area contributed by atoms with Crippen LogP contribution in [0.3, 0.4) is 0 Å². The van der Waals surface area contributed by atoms with Crippen molar-refractivity contribution in [1.29, 1.82) is 0 Å². The second-order valence-electron chi connectivity index (χ2n) is 3.94. The largest absolute Gasteiger partial charge is 0.383 e. The molecule has 0 saturated heterocycles. The van der Waals surface area contributed by atoms with Gasteiger partial charge in [0.25, 0.3) is 0 Å². The first-order chi connectivity index (χ1) is 7.63. The maximum atomic E-state index is 5.98. The van der Waals surface area contributed by atoms with Gasteiger partial charge in [-0.15, -0.1) is 0 Å². The van der Waals surface area contributed by atoms with Gasteiger partial charge in [-0.2, -0.15) is 5.10 Å². The molecule has 5 heteroatoms. The molecule has 86 valence electrons. The Morgan fingerprint density at radius 1 is 1.44 bits per heavy atom. The van der Waals surface area contributed by atoms with Crippen LogP contribution in [0.1, 0.15) is 19.2 Å². The van der Waals surface area contributed by atoms with Crippen LogP contribution < -0.4 is 5.73 Å². The number of imidazole rings is 1. The Morgan fingerprint density at radius 2 is 2.19 bits per heavy atom. The van der Waals surface area contributed by atoms with E-state index in [-0.39, 0.29) is 0 Å². The zero-order valence-electron chi connectivity index (χ0n) is 9.94. The van der Waals surface area contributed by atoms with Crippen molar-refractivity contribution in [3.05, 3.63) is 18.2 Å². The Hall–Kier alpha value is -1.78. The van der Waals surface area contributed by atoms with E-state index in [0.717, 1.165) is 30.0 Å². The molecule has 0 saturated carbocycles. The molecule has 2 aromatic heterocycles. The average molecular weight is 219 g/mol. The maximum Gasteiger partial charge on any atom is 0.131 e. The highest BCUT2D eigenvalue weighted by Crippen LogP contribution is 2.24. The number of hydrogen-bond donors (Lipinski definition) is 1. The second kappa shape index (κ2) is 4.00. The Bertz CT molecular complexity index is 494. The summed E-state index contributed by atoms with van der Waals surface area (Å²) in [6.45, 7) is 4.99. The van der Waals surface area contributed by atoms with Crippen LogP contribution in [0.4, 0.5) is 5.82 Å². The summed E-state index contributed by atoms with van der Waals surface area (Å²) in [6, 6.07) is 0. The van der Waals surface area contributed by atoms with Crippen LogP contribution >= 0.6 is 0 Å². The molecule has 2 aromatic rings. The zero-order chi connectivity index (χ0) is 11.7. The first-order valence-electron chi connectivity index (χ1n) is 5.45. The van der Waals surface area contributed by atoms with Gasteiger partial charge in [0.2, 0.25) is 0 Å². The molecule has 2 heterocycles. The van der Waals surface area contributed by atoms with Gasteiger partial charge in [0.1, 0.15) is 17.3 Å². The fourth-order valence-corrected chi connectivity index (χ4v) is 1.68. The maximum absolute atomic E-state index is 5.98. The summed E-state index contributed by atoms with van der Waals surface area (Å²) < 4.78 is 3.80. The van der Waals surface area contributed by atoms with Crippen molar-refractivity contribution >= 4 is 5.82 Å². The van der Waals surface area contributed by atoms with Crippen LogP contribution in [0.25, 0.3) is 11.3 Å². The number of anilines is 1. The van der Waals surface area contributed by atoms with Crippen molar-refractivity contribution in [2.75, 3.05) is 5.73 Å². The summed E-state index contributed by atoms with van der Waals surface area (Å²) in [5.74, 6) is 1.60. The van der Waals surface area contributed by atoms with Crippen molar-refractivity contribution in [3.8, 4) is 11.3 Å². The number of nitrogen functional groups attached to an aromatic ring is 1. The molecule has 0 aliphatic carbocycles. The van der Waals surface area contributed by atoms with E-state index in [0.29, 0.717) is 5.82 Å². The van der Waals surface area contributed by atoms with Gasteiger partial charge < -0.3 is 10.3 Å². The number of hydrogen-bond acceptors (Lipinski definition) is 3. The van der Waals surface area contributed by atoms with Gasteiger partial charge in [0, 0.05) is 25.4 Å². The fourth-order valence-electron chi connectivity index (χ4n) is 1.68. The van der Waals surface area contributed by atoms with E-state index in [2.05, 4.69) is 17.0 Å². The zero-order valence-corrected chi connectivity index (χ0v) is 9.94. The molecule has 0 amide bonds. The number of nitrogens with zero attached hydrogens (tertiary/aromatic N) is 4. The van der Waals surface area contributed by atoms with E-state index in [1.165, 1.54) is 0 Å². The van der Waals surface area contributed by atoms with Crippen molar-refractivity contribution in [1.82, 2.24) is 19.3 Å². The third kappa shape index (κ3) is 1.68. The molecule has 0 fully saturated rings. The van der Waals surface area contributed by atoms with Gasteiger partial charge in [-0.25, -0.2) is 4.98 Å². The molecule has 0 spiro atoms. The Kier molecular flexibility index (Phi) is 2.68. The lowest BCUT2D eigenvalue weighted by Crippen LogP contribution is -1.98. The predicted molar refractivity (Wildman–Crippen MR) is 63.9 cm³/mol. The molecule has 0 unspecified atom stereocenters. The van der Waals surface area contributed by atoms with Crippen molar-refractivity contribution in [2.24, 2.45) is 7.05 Å². The number of aryl methyl sites for hydroxylation is 2. The molecule has 0 atom stereocenters. The monoisotopic (exact) mass is 219 g/mol. The van der Waals surface area contributed by atoms with Crippen LogP contribution in [-0.2, 0) is 13.6 Å². The molecule has 2 N–H and O–H groups in total. The van der Waals surface area contributed by atoms with Crippen LogP contribution in [0.15, 0.2) is 12.4 Å². The topological polar surface area (TPSA) is 61.7 Å². The Balaban J connectivity index is 2.38. The second-order valence-corrected chi connectivity index (χ2v) is 3.94. The van der Waals surface area contributed by atoms with Crippen molar-refractivity contribution < 1.29 is 0 Å². The van der Waals surface area contributed by atoms with E-state index in [4.69, 9.17) is 5.73 Å². The lowest BCUT2D eigenvalue weighted by Gasteiger charge is -1.97. The van der Waals surface area contributed by atoms with Gasteiger partial charge in [0.05, 0.1) is 6.20 Å². The summed E-state index contributed by atoms with van der Waals surface area (Å²) in [5, 5.41) is 4.27. The molecule has 2 rings (SSSR count). The first-order valence-corrected chi connectivity index (χ1v) is 5.45. The van der Waals surface area contributed by atoms with Gasteiger partial charge in [-0.1, -0.05) is 6.92 Å². The highest BCUT2D eigenvalue weighted by Gasteiger charge is 2.12. The van der Waals surface area contributed by atoms with E-state index >= 15 is 0 Å². The SMILES string of the molecule is CCCn1cc(-c2nc(C)n(C)c2N)cn1. The number of aromatic nitrogens is 4. The normalized spacial score (nSPS) is 10.9. The van der Waals surface area contributed by atoms with E-state index in [9.17, 15) is 0 Å². The highest BCUT2D eigenvalue weighted by atomic mass is 15.3. The standard InChI is InChI=1S/C11H17N5/c1-4-5-16-7-9(6-13-16)10-11(12)15(3)8(2)14-10/h6-7H,4-5,12H2,1-3H3. The molecular formula is C11H17N5. The van der Waals surface area contributed by atoms with E-state index in [1.807, 2.05) is 35.6 Å². The van der Waals surface area contributed by atoms with Gasteiger partial charge in [-0.3, -0.25) is 4.68 Å². The molecular weight excluding hydrogens is 202 g/mol. The predicted octanol–water partition coefficient (Wildman–Crippen LogP) is 1.58. The smallest absolute Gasteiger partial charge is 0.131 e. The first kappa shape index (κ1) is 10.7. The summed E-state index contributed by atoms with van der Waals surface area (Å²) in [6.07, 6.45) is 4.87. The van der Waals surface area contributed by atoms with E-state index in [1.54, 1.807) is 0 Å². The average Bonchev–Trinajstić information content (AvgIpc) is 2.80. The molecule has 16 heavy (non-hydrogen) atoms. The summed E-state index contributed by atoms with van der Waals surface area (Å²) in [4.78, 5) is 4.44. The molecule has 5 nitrogen and oxygen atoms in total. The number of nitrogens with two attached hydrogens (primary N) is 1. The summed E-state index contributed by atoms with van der Waals surface area (Å²) >= 11 is 0. The van der Waals surface area contributed by atoms with E-state index < -0.39 is 0 Å². The minimum Gasteiger partial charge on any atom is -0.383 e. The lowest BCUT2D eigenvalue weighted by atomic mass is 10.2. The van der Waals surface area contributed by atoms with Crippen LogP contribution in [0.5, 0.6) is 0 Å². The minimum absolute atomic E-state index is 0.688. The fraction of sp³-hybridized carbons (Fsp3) is 0.455. The van der Waals surface area contributed by atoms with Crippen LogP contribution in [0.2, 0.25) is 0 Å². The van der Waals surface area contributed by atoms with Gasteiger partial charge in [0.15, 0.2) is 0 Å². The van der Waals surface area contributed by atoms with Crippen molar-refractivity contribution in [2.45, 2.75) is 26.8 Å². The molecule has 0 radical (unpaired) electrons. The third-order valence-electron chi connectivity index (χ3n) is 2.72. The number of rotatable bonds is 3. The summed E-state index contributed by atoms with van der Waals surface area (Å²) in [7, 11) is 1.91. The van der Waals surface area contributed by atoms with Gasteiger partial charge >= 0.3 is 0 Å². The highest BCUT2D eigenvalue weighted by molar-refractivity contribution is 5.69. The third-order valence-corrected chi connectivity index (χ3v) is 2.72. The Morgan fingerprint density at radius 3 is 2.75 bits per heavy atom. The molecule has 0 aliphatic heterocycles. The van der Waals surface area contributed by atoms with Crippen molar-refractivity contribution in [3.63, 3.8) is 0 Å². The minimum atomic E-state index is 0.688. The Labute approximate surface area is 94.9 Å². The van der Waals surface area contributed by atoms with Crippen LogP contribution in [-0.4, -0.2) is 19.3 Å². The van der Waals surface area contributed by atoms with Crippen LogP contribution in [0, 0.1) is 6.92 Å². The summed E-state index contributed by atoms with van der Waals surface area (Å²) in [5.41, 5.74) is 7.78. The van der Waals surface area contributed by atoms with Gasteiger partial charge in [-0.05, 0) is 13.3 Å². The lowest BCUT2D eigenvalue weighted by molar-refractivity contribution is 0.603.